The third-order valence-corrected chi connectivity index (χ3v) is 4.24. The molecular weight excluding hydrogens is 264 g/mol. The van der Waals surface area contributed by atoms with E-state index in [9.17, 15) is 9.90 Å². The number of nitrogens with zero attached hydrogens (tertiary/aromatic N) is 2. The van der Waals surface area contributed by atoms with Crippen molar-refractivity contribution in [3.8, 4) is 0 Å². The van der Waals surface area contributed by atoms with E-state index < -0.39 is 0 Å². The number of aliphatic hydroxyl groups is 1. The number of aliphatic hydroxyl groups excluding tert-OH is 1. The number of hydrogen-bond acceptors (Lipinski definition) is 3. The average molecular weight is 284 g/mol. The first-order valence-electron chi connectivity index (χ1n) is 7.48. The highest BCUT2D eigenvalue weighted by Crippen LogP contribution is 2.21. The molecule has 1 aromatic heterocycles. The van der Waals surface area contributed by atoms with Gasteiger partial charge in [0.05, 0.1) is 11.6 Å². The Morgan fingerprint density at radius 2 is 2.14 bits per heavy atom. The molecule has 2 heterocycles. The first-order valence-corrected chi connectivity index (χ1v) is 7.48. The summed E-state index contributed by atoms with van der Waals surface area (Å²) in [5, 5.41) is 10.8. The van der Waals surface area contributed by atoms with Gasteiger partial charge in [0.15, 0.2) is 0 Å². The maximum atomic E-state index is 12.6. The molecule has 1 aliphatic heterocycles. The molecule has 1 fully saturated rings. The smallest absolute Gasteiger partial charge is 0.272 e. The van der Waals surface area contributed by atoms with Gasteiger partial charge in [0.25, 0.3) is 5.91 Å². The summed E-state index contributed by atoms with van der Waals surface area (Å²) in [6.07, 6.45) is 1.55. The van der Waals surface area contributed by atoms with E-state index in [0.29, 0.717) is 12.2 Å². The summed E-state index contributed by atoms with van der Waals surface area (Å²) in [4.78, 5) is 18.9. The van der Waals surface area contributed by atoms with E-state index in [-0.39, 0.29) is 17.9 Å². The minimum absolute atomic E-state index is 0.0360. The highest BCUT2D eigenvalue weighted by molar-refractivity contribution is 5.95. The maximum absolute atomic E-state index is 12.6. The molecule has 2 aromatic rings. The van der Waals surface area contributed by atoms with Crippen LogP contribution >= 0.6 is 0 Å². The first kappa shape index (κ1) is 14.0. The molecule has 0 saturated carbocycles. The third-order valence-electron chi connectivity index (χ3n) is 4.24. The Bertz CT molecular complexity index is 654. The zero-order valence-electron chi connectivity index (χ0n) is 12.2. The Labute approximate surface area is 124 Å². The molecule has 1 amide bonds. The van der Waals surface area contributed by atoms with Crippen LogP contribution in [0.5, 0.6) is 0 Å². The Kier molecular flexibility index (Phi) is 3.88. The Balaban J connectivity index is 1.82. The molecule has 21 heavy (non-hydrogen) atoms. The molecule has 4 nitrogen and oxygen atoms in total. The van der Waals surface area contributed by atoms with Crippen molar-refractivity contribution in [2.75, 3.05) is 13.1 Å². The van der Waals surface area contributed by atoms with Crippen LogP contribution in [0.3, 0.4) is 0 Å². The second-order valence-corrected chi connectivity index (χ2v) is 5.78. The van der Waals surface area contributed by atoms with Crippen molar-refractivity contribution >= 4 is 16.8 Å². The lowest BCUT2D eigenvalue weighted by molar-refractivity contribution is 0.0462. The molecule has 0 aliphatic carbocycles. The van der Waals surface area contributed by atoms with Gasteiger partial charge in [-0.25, -0.2) is 4.98 Å². The molecule has 1 aliphatic rings. The lowest BCUT2D eigenvalue weighted by Crippen LogP contribution is -2.43. The van der Waals surface area contributed by atoms with Crippen LogP contribution in [0.15, 0.2) is 36.4 Å². The van der Waals surface area contributed by atoms with Crippen molar-refractivity contribution in [1.82, 2.24) is 9.88 Å². The standard InChI is InChI=1S/C17H20N2O2/c1-12(20)14-6-4-10-19(11-14)17(21)16-9-8-13-5-2-3-7-15(13)18-16/h2-3,5,7-9,12,14,20H,4,6,10-11H2,1H3. The van der Waals surface area contributed by atoms with E-state index in [0.717, 1.165) is 30.3 Å². The summed E-state index contributed by atoms with van der Waals surface area (Å²) in [5.74, 6) is 0.134. The summed E-state index contributed by atoms with van der Waals surface area (Å²) in [6, 6.07) is 11.5. The number of carbonyl (C=O) groups excluding carboxylic acids is 1. The normalized spacial score (nSPS) is 20.5. The van der Waals surface area contributed by atoms with E-state index in [1.807, 2.05) is 35.2 Å². The van der Waals surface area contributed by atoms with Gasteiger partial charge in [0.2, 0.25) is 0 Å². The van der Waals surface area contributed by atoms with Crippen molar-refractivity contribution in [3.05, 3.63) is 42.1 Å². The number of hydrogen-bond donors (Lipinski definition) is 1. The summed E-state index contributed by atoms with van der Waals surface area (Å²) < 4.78 is 0. The van der Waals surface area contributed by atoms with Gasteiger partial charge < -0.3 is 10.0 Å². The van der Waals surface area contributed by atoms with Crippen LogP contribution in [0.4, 0.5) is 0 Å². The molecule has 110 valence electrons. The second-order valence-electron chi connectivity index (χ2n) is 5.78. The zero-order chi connectivity index (χ0) is 14.8. The van der Waals surface area contributed by atoms with E-state index in [2.05, 4.69) is 4.98 Å². The van der Waals surface area contributed by atoms with Crippen LogP contribution in [0.25, 0.3) is 10.9 Å². The van der Waals surface area contributed by atoms with Crippen molar-refractivity contribution in [2.24, 2.45) is 5.92 Å². The van der Waals surface area contributed by atoms with E-state index in [4.69, 9.17) is 0 Å². The molecule has 0 spiro atoms. The van der Waals surface area contributed by atoms with Gasteiger partial charge in [-0.2, -0.15) is 0 Å². The van der Waals surface area contributed by atoms with Gasteiger partial charge in [0.1, 0.15) is 5.69 Å². The monoisotopic (exact) mass is 284 g/mol. The topological polar surface area (TPSA) is 53.4 Å². The second kappa shape index (κ2) is 5.82. The van der Waals surface area contributed by atoms with Crippen molar-refractivity contribution in [2.45, 2.75) is 25.9 Å². The number of fused-ring (bicyclic) bond motifs is 1. The van der Waals surface area contributed by atoms with E-state index >= 15 is 0 Å². The van der Waals surface area contributed by atoms with Crippen molar-refractivity contribution in [3.63, 3.8) is 0 Å². The fourth-order valence-corrected chi connectivity index (χ4v) is 2.94. The van der Waals surface area contributed by atoms with Gasteiger partial charge >= 0.3 is 0 Å². The molecule has 4 heteroatoms. The summed E-state index contributed by atoms with van der Waals surface area (Å²) >= 11 is 0. The number of piperidine rings is 1. The molecule has 2 atom stereocenters. The molecule has 1 N–H and O–H groups in total. The van der Waals surface area contributed by atoms with Gasteiger partial charge in [0, 0.05) is 24.4 Å². The minimum Gasteiger partial charge on any atom is -0.393 e. The summed E-state index contributed by atoms with van der Waals surface area (Å²) in [5.41, 5.74) is 1.33. The molecule has 1 aromatic carbocycles. The summed E-state index contributed by atoms with van der Waals surface area (Å²) in [6.45, 7) is 3.16. The van der Waals surface area contributed by atoms with Crippen LogP contribution < -0.4 is 0 Å². The molecule has 0 radical (unpaired) electrons. The van der Waals surface area contributed by atoms with Gasteiger partial charge in [-0.1, -0.05) is 24.3 Å². The highest BCUT2D eigenvalue weighted by atomic mass is 16.3. The summed E-state index contributed by atoms with van der Waals surface area (Å²) in [7, 11) is 0. The first-order chi connectivity index (χ1) is 10.1. The Hall–Kier alpha value is -1.94. The average Bonchev–Trinajstić information content (AvgIpc) is 2.53. The van der Waals surface area contributed by atoms with Gasteiger partial charge in [-0.15, -0.1) is 0 Å². The molecular formula is C17H20N2O2. The SMILES string of the molecule is CC(O)C1CCCN(C(=O)c2ccc3ccccc3n2)C1. The Morgan fingerprint density at radius 3 is 2.95 bits per heavy atom. The van der Waals surface area contributed by atoms with Gasteiger partial charge in [-0.3, -0.25) is 4.79 Å². The molecule has 2 unspecified atom stereocenters. The van der Waals surface area contributed by atoms with Crippen LogP contribution in [0, 0.1) is 5.92 Å². The number of aromatic nitrogens is 1. The number of likely N-dealkylation sites (tertiary alicyclic amines) is 1. The predicted molar refractivity (Wildman–Crippen MR) is 82.1 cm³/mol. The number of rotatable bonds is 2. The van der Waals surface area contributed by atoms with E-state index in [1.165, 1.54) is 0 Å². The molecule has 3 rings (SSSR count). The largest absolute Gasteiger partial charge is 0.393 e. The number of pyridine rings is 1. The lowest BCUT2D eigenvalue weighted by atomic mass is 9.93. The molecule has 1 saturated heterocycles. The van der Waals surface area contributed by atoms with Crippen LogP contribution in [-0.4, -0.2) is 40.1 Å². The van der Waals surface area contributed by atoms with Crippen LogP contribution in [0.2, 0.25) is 0 Å². The number of carbonyl (C=O) groups is 1. The van der Waals surface area contributed by atoms with Crippen LogP contribution in [-0.2, 0) is 0 Å². The Morgan fingerprint density at radius 1 is 1.33 bits per heavy atom. The fraction of sp³-hybridized carbons (Fsp3) is 0.412. The molecule has 0 bridgehead atoms. The number of amides is 1. The quantitative estimate of drug-likeness (QED) is 0.921. The van der Waals surface area contributed by atoms with E-state index in [1.54, 1.807) is 13.0 Å². The fourth-order valence-electron chi connectivity index (χ4n) is 2.94. The number of para-hydroxylation sites is 1. The zero-order valence-corrected chi connectivity index (χ0v) is 12.2. The van der Waals surface area contributed by atoms with Crippen molar-refractivity contribution in [1.29, 1.82) is 0 Å². The maximum Gasteiger partial charge on any atom is 0.272 e. The lowest BCUT2D eigenvalue weighted by Gasteiger charge is -2.34. The van der Waals surface area contributed by atoms with Crippen LogP contribution in [0.1, 0.15) is 30.3 Å². The van der Waals surface area contributed by atoms with Gasteiger partial charge in [-0.05, 0) is 31.9 Å². The third kappa shape index (κ3) is 2.90. The van der Waals surface area contributed by atoms with Crippen molar-refractivity contribution < 1.29 is 9.90 Å². The highest BCUT2D eigenvalue weighted by Gasteiger charge is 2.27. The number of benzene rings is 1. The predicted octanol–water partition coefficient (Wildman–Crippen LogP) is 2.47. The minimum atomic E-state index is -0.370.